The molecule has 0 amide bonds. The highest BCUT2D eigenvalue weighted by molar-refractivity contribution is 6.03. The molecule has 3 heterocycles. The van der Waals surface area contributed by atoms with E-state index in [2.05, 4.69) is 10.1 Å². The van der Waals surface area contributed by atoms with Crippen LogP contribution >= 0.6 is 0 Å². The Morgan fingerprint density at radius 3 is 2.67 bits per heavy atom. The van der Waals surface area contributed by atoms with Crippen LogP contribution in [0.1, 0.15) is 35.8 Å². The number of nitrogens with zero attached hydrogens (tertiary/aromatic N) is 4. The summed E-state index contributed by atoms with van der Waals surface area (Å²) in [5.41, 5.74) is 1.99. The van der Waals surface area contributed by atoms with E-state index in [1.165, 1.54) is 18.4 Å². The van der Waals surface area contributed by atoms with Crippen molar-refractivity contribution in [2.75, 3.05) is 0 Å². The molecule has 0 unspecified atom stereocenters. The number of carbonyl (C=O) groups is 1. The summed E-state index contributed by atoms with van der Waals surface area (Å²) in [5, 5.41) is 15.7. The molecule has 0 aliphatic carbocycles. The SMILES string of the molecule is CC(C)n1ncc2c(C(=O)OCc3ccc([N+](=O)[O-])cc3)cc(-c3ccco3)nc21. The molecule has 0 radical (unpaired) electrons. The van der Waals surface area contributed by atoms with Gasteiger partial charge in [0, 0.05) is 18.2 Å². The molecule has 3 aromatic heterocycles. The smallest absolute Gasteiger partial charge is 0.339 e. The van der Waals surface area contributed by atoms with Gasteiger partial charge >= 0.3 is 5.97 Å². The molecule has 0 saturated heterocycles. The molecule has 0 bridgehead atoms. The van der Waals surface area contributed by atoms with Crippen LogP contribution in [-0.4, -0.2) is 25.7 Å². The van der Waals surface area contributed by atoms with Crippen LogP contribution in [0.2, 0.25) is 0 Å². The number of rotatable bonds is 6. The minimum Gasteiger partial charge on any atom is -0.463 e. The Balaban J connectivity index is 1.66. The summed E-state index contributed by atoms with van der Waals surface area (Å²) in [6.45, 7) is 3.93. The monoisotopic (exact) mass is 406 g/mol. The van der Waals surface area contributed by atoms with Gasteiger partial charge in [-0.3, -0.25) is 10.1 Å². The van der Waals surface area contributed by atoms with Crippen molar-refractivity contribution >= 4 is 22.7 Å². The molecule has 0 N–H and O–H groups in total. The number of fused-ring (bicyclic) bond motifs is 1. The van der Waals surface area contributed by atoms with Crippen LogP contribution in [0.4, 0.5) is 5.69 Å². The fourth-order valence-corrected chi connectivity index (χ4v) is 3.06. The minimum absolute atomic E-state index is 0.0188. The van der Waals surface area contributed by atoms with Crippen LogP contribution in [0.15, 0.2) is 59.3 Å². The van der Waals surface area contributed by atoms with Gasteiger partial charge in [0.25, 0.3) is 5.69 Å². The highest BCUT2D eigenvalue weighted by Gasteiger charge is 2.20. The van der Waals surface area contributed by atoms with Gasteiger partial charge in [-0.1, -0.05) is 0 Å². The van der Waals surface area contributed by atoms with Crippen molar-refractivity contribution in [2.24, 2.45) is 0 Å². The third-order valence-corrected chi connectivity index (χ3v) is 4.57. The molecule has 30 heavy (non-hydrogen) atoms. The van der Waals surface area contributed by atoms with Crippen LogP contribution in [0.5, 0.6) is 0 Å². The van der Waals surface area contributed by atoms with E-state index in [1.807, 2.05) is 13.8 Å². The van der Waals surface area contributed by atoms with E-state index in [4.69, 9.17) is 9.15 Å². The third kappa shape index (κ3) is 3.64. The van der Waals surface area contributed by atoms with Crippen LogP contribution in [0, 0.1) is 10.1 Å². The van der Waals surface area contributed by atoms with E-state index in [1.54, 1.807) is 41.2 Å². The van der Waals surface area contributed by atoms with Gasteiger partial charge in [-0.15, -0.1) is 0 Å². The number of ether oxygens (including phenoxy) is 1. The van der Waals surface area contributed by atoms with Gasteiger partial charge in [0.15, 0.2) is 11.4 Å². The van der Waals surface area contributed by atoms with E-state index in [9.17, 15) is 14.9 Å². The maximum absolute atomic E-state index is 12.9. The average Bonchev–Trinajstić information content (AvgIpc) is 3.41. The van der Waals surface area contributed by atoms with Gasteiger partial charge in [-0.05, 0) is 49.7 Å². The molecule has 0 saturated carbocycles. The first kappa shape index (κ1) is 19.3. The highest BCUT2D eigenvalue weighted by atomic mass is 16.6. The predicted octanol–water partition coefficient (Wildman–Crippen LogP) is 4.54. The number of esters is 1. The fraction of sp³-hybridized carbons (Fsp3) is 0.190. The number of nitro groups is 1. The molecular weight excluding hydrogens is 388 g/mol. The third-order valence-electron chi connectivity index (χ3n) is 4.57. The Morgan fingerprint density at radius 2 is 2.03 bits per heavy atom. The van der Waals surface area contributed by atoms with Crippen molar-refractivity contribution in [1.82, 2.24) is 14.8 Å². The van der Waals surface area contributed by atoms with Crippen LogP contribution in [0.25, 0.3) is 22.5 Å². The van der Waals surface area contributed by atoms with Gasteiger partial charge in [-0.25, -0.2) is 14.5 Å². The summed E-state index contributed by atoms with van der Waals surface area (Å²) in [7, 11) is 0. The number of nitro benzene ring substituents is 1. The van der Waals surface area contributed by atoms with Gasteiger partial charge < -0.3 is 9.15 Å². The first-order chi connectivity index (χ1) is 14.4. The molecule has 0 spiro atoms. The quantitative estimate of drug-likeness (QED) is 0.262. The Kier molecular flexibility index (Phi) is 5.01. The lowest BCUT2D eigenvalue weighted by atomic mass is 10.1. The number of hydrogen-bond donors (Lipinski definition) is 0. The molecule has 4 rings (SSSR count). The zero-order valence-corrected chi connectivity index (χ0v) is 16.3. The van der Waals surface area contributed by atoms with Crippen molar-refractivity contribution in [1.29, 1.82) is 0 Å². The number of hydrogen-bond acceptors (Lipinski definition) is 7. The number of pyridine rings is 1. The number of carbonyl (C=O) groups excluding carboxylic acids is 1. The Bertz CT molecular complexity index is 1210. The summed E-state index contributed by atoms with van der Waals surface area (Å²) >= 11 is 0. The maximum Gasteiger partial charge on any atom is 0.339 e. The lowest BCUT2D eigenvalue weighted by molar-refractivity contribution is -0.384. The van der Waals surface area contributed by atoms with Crippen LogP contribution < -0.4 is 0 Å². The number of benzene rings is 1. The van der Waals surface area contributed by atoms with E-state index in [0.29, 0.717) is 33.6 Å². The number of non-ortho nitro benzene ring substituents is 1. The van der Waals surface area contributed by atoms with Gasteiger partial charge in [0.2, 0.25) is 0 Å². The van der Waals surface area contributed by atoms with Crippen molar-refractivity contribution in [3.05, 3.63) is 76.2 Å². The van der Waals surface area contributed by atoms with Gasteiger partial charge in [0.05, 0.1) is 28.3 Å². The predicted molar refractivity (Wildman–Crippen MR) is 108 cm³/mol. The summed E-state index contributed by atoms with van der Waals surface area (Å²) in [6, 6.07) is 11.0. The van der Waals surface area contributed by atoms with Crippen molar-refractivity contribution in [3.8, 4) is 11.5 Å². The van der Waals surface area contributed by atoms with Crippen molar-refractivity contribution in [3.63, 3.8) is 0 Å². The van der Waals surface area contributed by atoms with E-state index in [0.717, 1.165) is 0 Å². The summed E-state index contributed by atoms with van der Waals surface area (Å²) in [6.07, 6.45) is 3.13. The zero-order chi connectivity index (χ0) is 21.3. The largest absolute Gasteiger partial charge is 0.463 e. The normalized spacial score (nSPS) is 11.2. The lowest BCUT2D eigenvalue weighted by Crippen LogP contribution is -2.08. The maximum atomic E-state index is 12.9. The van der Waals surface area contributed by atoms with E-state index < -0.39 is 10.9 Å². The Morgan fingerprint density at radius 1 is 1.27 bits per heavy atom. The van der Waals surface area contributed by atoms with Crippen molar-refractivity contribution < 1.29 is 18.9 Å². The molecule has 9 heteroatoms. The Hall–Kier alpha value is -4.01. The number of aromatic nitrogens is 3. The molecule has 0 aliphatic rings. The van der Waals surface area contributed by atoms with Gasteiger partial charge in [0.1, 0.15) is 12.3 Å². The molecule has 1 aromatic carbocycles. The number of furan rings is 1. The van der Waals surface area contributed by atoms with E-state index >= 15 is 0 Å². The zero-order valence-electron chi connectivity index (χ0n) is 16.3. The molecule has 9 nitrogen and oxygen atoms in total. The second kappa shape index (κ2) is 7.78. The molecule has 4 aromatic rings. The standard InChI is InChI=1S/C21H18N4O5/c1-13(2)24-20-17(11-22-24)16(10-18(23-20)19-4-3-9-29-19)21(26)30-12-14-5-7-15(8-6-14)25(27)28/h3-11,13H,12H2,1-2H3. The molecule has 0 aliphatic heterocycles. The molecular formula is C21H18N4O5. The molecule has 0 atom stereocenters. The second-order valence-corrected chi connectivity index (χ2v) is 6.95. The van der Waals surface area contributed by atoms with Crippen LogP contribution in [0.3, 0.4) is 0 Å². The minimum atomic E-state index is -0.545. The highest BCUT2D eigenvalue weighted by Crippen LogP contribution is 2.27. The summed E-state index contributed by atoms with van der Waals surface area (Å²) in [4.78, 5) is 27.8. The van der Waals surface area contributed by atoms with E-state index in [-0.39, 0.29) is 18.3 Å². The summed E-state index contributed by atoms with van der Waals surface area (Å²) in [5.74, 6) is -0.0188. The second-order valence-electron chi connectivity index (χ2n) is 6.95. The first-order valence-corrected chi connectivity index (χ1v) is 9.26. The lowest BCUT2D eigenvalue weighted by Gasteiger charge is -2.10. The Labute approximate surface area is 171 Å². The van der Waals surface area contributed by atoms with Crippen molar-refractivity contribution in [2.45, 2.75) is 26.5 Å². The van der Waals surface area contributed by atoms with Gasteiger partial charge in [-0.2, -0.15) is 5.10 Å². The molecule has 0 fully saturated rings. The first-order valence-electron chi connectivity index (χ1n) is 9.26. The summed E-state index contributed by atoms with van der Waals surface area (Å²) < 4.78 is 12.6. The van der Waals surface area contributed by atoms with Crippen LogP contribution in [-0.2, 0) is 11.3 Å². The topological polar surface area (TPSA) is 113 Å². The average molecular weight is 406 g/mol. The fourth-order valence-electron chi connectivity index (χ4n) is 3.06. The molecule has 152 valence electrons.